The molecule has 1 unspecified atom stereocenters. The summed E-state index contributed by atoms with van der Waals surface area (Å²) in [5.74, 6) is 0. The Morgan fingerprint density at radius 2 is 1.88 bits per heavy atom. The highest BCUT2D eigenvalue weighted by molar-refractivity contribution is 4.84. The monoisotopic (exact) mass is 240 g/mol. The minimum Gasteiger partial charge on any atom is -0.381 e. The number of rotatable bonds is 4. The summed E-state index contributed by atoms with van der Waals surface area (Å²) in [6, 6.07) is 1.47. The van der Waals surface area contributed by atoms with Crippen LogP contribution in [-0.2, 0) is 4.74 Å². The molecule has 0 aromatic rings. The molecule has 3 nitrogen and oxygen atoms in total. The Hall–Kier alpha value is -0.120. The molecule has 0 aromatic heterocycles. The van der Waals surface area contributed by atoms with E-state index in [-0.39, 0.29) is 0 Å². The van der Waals surface area contributed by atoms with Crippen LogP contribution in [-0.4, -0.2) is 49.8 Å². The highest BCUT2D eigenvalue weighted by atomic mass is 16.5. The van der Waals surface area contributed by atoms with Crippen molar-refractivity contribution < 1.29 is 4.74 Å². The first-order valence-corrected chi connectivity index (χ1v) is 7.33. The summed E-state index contributed by atoms with van der Waals surface area (Å²) >= 11 is 0. The number of likely N-dealkylation sites (tertiary alicyclic amines) is 1. The molecule has 1 saturated heterocycles. The Labute approximate surface area is 106 Å². The van der Waals surface area contributed by atoms with Crippen LogP contribution < -0.4 is 5.32 Å². The van der Waals surface area contributed by atoms with Gasteiger partial charge in [0.2, 0.25) is 0 Å². The van der Waals surface area contributed by atoms with Crippen molar-refractivity contribution in [1.29, 1.82) is 0 Å². The lowest BCUT2D eigenvalue weighted by Crippen LogP contribution is -2.50. The lowest BCUT2D eigenvalue weighted by Gasteiger charge is -2.37. The van der Waals surface area contributed by atoms with E-state index in [9.17, 15) is 0 Å². The molecule has 2 fully saturated rings. The first-order valence-electron chi connectivity index (χ1n) is 7.33. The number of hydrogen-bond donors (Lipinski definition) is 1. The SMILES string of the molecule is CCN1CCCC(NC2CCC(OC)CC2)C1. The summed E-state index contributed by atoms with van der Waals surface area (Å²) in [7, 11) is 1.85. The molecule has 0 radical (unpaired) electrons. The molecule has 1 aliphatic heterocycles. The van der Waals surface area contributed by atoms with Crippen LogP contribution in [0.15, 0.2) is 0 Å². The van der Waals surface area contributed by atoms with E-state index in [1.807, 2.05) is 7.11 Å². The Kier molecular flexibility index (Phi) is 5.26. The van der Waals surface area contributed by atoms with Gasteiger partial charge in [0.1, 0.15) is 0 Å². The molecule has 0 bridgehead atoms. The number of likely N-dealkylation sites (N-methyl/N-ethyl adjacent to an activating group) is 1. The van der Waals surface area contributed by atoms with E-state index in [4.69, 9.17) is 4.74 Å². The molecule has 1 N–H and O–H groups in total. The zero-order valence-corrected chi connectivity index (χ0v) is 11.5. The van der Waals surface area contributed by atoms with Crippen molar-refractivity contribution in [3.8, 4) is 0 Å². The molecule has 3 heteroatoms. The molecular weight excluding hydrogens is 212 g/mol. The van der Waals surface area contributed by atoms with Gasteiger partial charge < -0.3 is 15.0 Å². The highest BCUT2D eigenvalue weighted by Crippen LogP contribution is 2.22. The van der Waals surface area contributed by atoms with Gasteiger partial charge in [0, 0.05) is 25.7 Å². The summed E-state index contributed by atoms with van der Waals surface area (Å²) in [5.41, 5.74) is 0. The van der Waals surface area contributed by atoms with Crippen LogP contribution in [0.3, 0.4) is 0 Å². The second kappa shape index (κ2) is 6.72. The Bertz CT molecular complexity index is 214. The predicted octanol–water partition coefficient (Wildman–Crippen LogP) is 2.02. The third kappa shape index (κ3) is 3.94. The first kappa shape index (κ1) is 13.3. The van der Waals surface area contributed by atoms with E-state index in [0.717, 1.165) is 12.1 Å². The minimum atomic E-state index is 0.520. The number of piperidine rings is 1. The molecule has 1 saturated carbocycles. The number of ether oxygens (including phenoxy) is 1. The molecule has 17 heavy (non-hydrogen) atoms. The van der Waals surface area contributed by atoms with Gasteiger partial charge in [0.25, 0.3) is 0 Å². The van der Waals surface area contributed by atoms with Crippen molar-refractivity contribution in [3.63, 3.8) is 0 Å². The average molecular weight is 240 g/mol. The molecule has 0 spiro atoms. The predicted molar refractivity (Wildman–Crippen MR) is 71.3 cm³/mol. The summed E-state index contributed by atoms with van der Waals surface area (Å²) in [6.45, 7) is 6.02. The third-order valence-corrected chi connectivity index (χ3v) is 4.43. The van der Waals surface area contributed by atoms with Crippen molar-refractivity contribution in [2.24, 2.45) is 0 Å². The summed E-state index contributed by atoms with van der Waals surface area (Å²) in [5, 5.41) is 3.87. The zero-order chi connectivity index (χ0) is 12.1. The van der Waals surface area contributed by atoms with Crippen molar-refractivity contribution in [2.45, 2.75) is 63.6 Å². The quantitative estimate of drug-likeness (QED) is 0.813. The second-order valence-electron chi connectivity index (χ2n) is 5.61. The average Bonchev–Trinajstić information content (AvgIpc) is 2.40. The van der Waals surface area contributed by atoms with Gasteiger partial charge in [-0.05, 0) is 51.6 Å². The topological polar surface area (TPSA) is 24.5 Å². The number of nitrogens with zero attached hydrogens (tertiary/aromatic N) is 1. The molecule has 1 heterocycles. The molecule has 1 atom stereocenters. The van der Waals surface area contributed by atoms with Gasteiger partial charge in [-0.3, -0.25) is 0 Å². The number of nitrogens with one attached hydrogen (secondary N) is 1. The van der Waals surface area contributed by atoms with Gasteiger partial charge in [0.15, 0.2) is 0 Å². The summed E-state index contributed by atoms with van der Waals surface area (Å²) in [4.78, 5) is 2.57. The zero-order valence-electron chi connectivity index (χ0n) is 11.5. The Balaban J connectivity index is 1.70. The lowest BCUT2D eigenvalue weighted by atomic mass is 9.91. The maximum atomic E-state index is 5.43. The van der Waals surface area contributed by atoms with E-state index >= 15 is 0 Å². The van der Waals surface area contributed by atoms with Crippen molar-refractivity contribution in [2.75, 3.05) is 26.7 Å². The Morgan fingerprint density at radius 1 is 1.12 bits per heavy atom. The van der Waals surface area contributed by atoms with E-state index in [1.54, 1.807) is 0 Å². The van der Waals surface area contributed by atoms with Gasteiger partial charge >= 0.3 is 0 Å². The number of hydrogen-bond acceptors (Lipinski definition) is 3. The van der Waals surface area contributed by atoms with Gasteiger partial charge in [-0.25, -0.2) is 0 Å². The number of methoxy groups -OCH3 is 1. The van der Waals surface area contributed by atoms with Crippen LogP contribution in [0.25, 0.3) is 0 Å². The maximum Gasteiger partial charge on any atom is 0.0572 e. The molecular formula is C14H28N2O. The molecule has 2 aliphatic rings. The van der Waals surface area contributed by atoms with E-state index in [0.29, 0.717) is 6.10 Å². The summed E-state index contributed by atoms with van der Waals surface area (Å²) < 4.78 is 5.43. The standard InChI is InChI=1S/C14H28N2O/c1-3-16-10-4-5-13(11-16)15-12-6-8-14(17-2)9-7-12/h12-15H,3-11H2,1-2H3. The van der Waals surface area contributed by atoms with Gasteiger partial charge in [0.05, 0.1) is 6.10 Å². The van der Waals surface area contributed by atoms with E-state index < -0.39 is 0 Å². The van der Waals surface area contributed by atoms with Crippen LogP contribution in [0, 0.1) is 0 Å². The minimum absolute atomic E-state index is 0.520. The Morgan fingerprint density at radius 3 is 2.53 bits per heavy atom. The fraction of sp³-hybridized carbons (Fsp3) is 1.00. The second-order valence-corrected chi connectivity index (χ2v) is 5.61. The van der Waals surface area contributed by atoms with E-state index in [2.05, 4.69) is 17.1 Å². The fourth-order valence-corrected chi connectivity index (χ4v) is 3.28. The third-order valence-electron chi connectivity index (χ3n) is 4.43. The van der Waals surface area contributed by atoms with Crippen molar-refractivity contribution >= 4 is 0 Å². The van der Waals surface area contributed by atoms with Crippen LogP contribution >= 0.6 is 0 Å². The van der Waals surface area contributed by atoms with Crippen molar-refractivity contribution in [1.82, 2.24) is 10.2 Å². The fourth-order valence-electron chi connectivity index (χ4n) is 3.28. The molecule has 0 aromatic carbocycles. The van der Waals surface area contributed by atoms with Crippen LogP contribution in [0.1, 0.15) is 45.4 Å². The molecule has 0 amide bonds. The maximum absolute atomic E-state index is 5.43. The molecule has 2 rings (SSSR count). The largest absolute Gasteiger partial charge is 0.381 e. The summed E-state index contributed by atoms with van der Waals surface area (Å²) in [6.07, 6.45) is 8.30. The lowest BCUT2D eigenvalue weighted by molar-refractivity contribution is 0.0589. The van der Waals surface area contributed by atoms with Crippen LogP contribution in [0.5, 0.6) is 0 Å². The molecule has 1 aliphatic carbocycles. The van der Waals surface area contributed by atoms with Gasteiger partial charge in [-0.15, -0.1) is 0 Å². The normalized spacial score (nSPS) is 36.0. The van der Waals surface area contributed by atoms with Gasteiger partial charge in [-0.1, -0.05) is 6.92 Å². The van der Waals surface area contributed by atoms with Crippen molar-refractivity contribution in [3.05, 3.63) is 0 Å². The first-order chi connectivity index (χ1) is 8.31. The van der Waals surface area contributed by atoms with Crippen LogP contribution in [0.4, 0.5) is 0 Å². The van der Waals surface area contributed by atoms with Gasteiger partial charge in [-0.2, -0.15) is 0 Å². The molecule has 100 valence electrons. The highest BCUT2D eigenvalue weighted by Gasteiger charge is 2.25. The van der Waals surface area contributed by atoms with E-state index in [1.165, 1.54) is 58.2 Å². The smallest absolute Gasteiger partial charge is 0.0572 e. The van der Waals surface area contributed by atoms with Crippen LogP contribution in [0.2, 0.25) is 0 Å².